The summed E-state index contributed by atoms with van der Waals surface area (Å²) in [6.45, 7) is 1.99. The molecule has 4 aromatic rings. The van der Waals surface area contributed by atoms with Crippen LogP contribution in [-0.2, 0) is 14.8 Å². The monoisotopic (exact) mass is 480 g/mol. The summed E-state index contributed by atoms with van der Waals surface area (Å²) in [6.07, 6.45) is 3.39. The van der Waals surface area contributed by atoms with E-state index in [-0.39, 0.29) is 16.6 Å². The molecular weight excluding hydrogens is 460 g/mol. The number of aromatic nitrogens is 4. The first kappa shape index (κ1) is 22.6. The number of para-hydroxylation sites is 1. The molecule has 0 bridgehead atoms. The van der Waals surface area contributed by atoms with Crippen molar-refractivity contribution in [1.82, 2.24) is 19.7 Å². The lowest BCUT2D eigenvalue weighted by Crippen LogP contribution is -2.16. The van der Waals surface area contributed by atoms with Gasteiger partial charge in [0.15, 0.2) is 11.0 Å². The van der Waals surface area contributed by atoms with E-state index in [2.05, 4.69) is 20.5 Å². The Morgan fingerprint density at radius 1 is 1.09 bits per heavy atom. The van der Waals surface area contributed by atoms with Crippen LogP contribution in [0.5, 0.6) is 0 Å². The van der Waals surface area contributed by atoms with Gasteiger partial charge in [0.1, 0.15) is 0 Å². The van der Waals surface area contributed by atoms with Gasteiger partial charge >= 0.3 is 0 Å². The first-order valence-electron chi connectivity index (χ1n) is 9.80. The number of carbonyl (C=O) groups excluding carboxylic acids is 1. The molecule has 4 rings (SSSR count). The molecule has 0 radical (unpaired) electrons. The van der Waals surface area contributed by atoms with E-state index in [0.29, 0.717) is 16.7 Å². The molecule has 11 heteroatoms. The number of nitrogens with one attached hydrogen (secondary N) is 1. The van der Waals surface area contributed by atoms with Gasteiger partial charge in [-0.05, 0) is 48.9 Å². The smallest absolute Gasteiger partial charge is 0.238 e. The first-order valence-corrected chi connectivity index (χ1v) is 12.3. The van der Waals surface area contributed by atoms with Crippen molar-refractivity contribution in [3.8, 4) is 17.1 Å². The lowest BCUT2D eigenvalue weighted by Gasteiger charge is -2.13. The zero-order valence-corrected chi connectivity index (χ0v) is 19.2. The van der Waals surface area contributed by atoms with Gasteiger partial charge < -0.3 is 5.32 Å². The number of carbonyl (C=O) groups is 1. The Kier molecular flexibility index (Phi) is 6.54. The molecule has 0 aliphatic rings. The second-order valence-electron chi connectivity index (χ2n) is 7.08. The second kappa shape index (κ2) is 9.53. The molecule has 0 saturated carbocycles. The molecule has 33 heavy (non-hydrogen) atoms. The number of nitrogens with two attached hydrogens (primary N) is 1. The maximum absolute atomic E-state index is 12.6. The number of benzene rings is 2. The van der Waals surface area contributed by atoms with Gasteiger partial charge in [0, 0.05) is 23.6 Å². The fourth-order valence-electron chi connectivity index (χ4n) is 3.15. The summed E-state index contributed by atoms with van der Waals surface area (Å²) in [5.41, 5.74) is 3.05. The van der Waals surface area contributed by atoms with Gasteiger partial charge in [-0.3, -0.25) is 14.3 Å². The molecule has 2 heterocycles. The lowest BCUT2D eigenvalue weighted by molar-refractivity contribution is -0.113. The topological polar surface area (TPSA) is 133 Å². The van der Waals surface area contributed by atoms with Gasteiger partial charge in [-0.15, -0.1) is 10.2 Å². The number of amides is 1. The van der Waals surface area contributed by atoms with Crippen LogP contribution in [0.15, 0.2) is 83.1 Å². The molecule has 3 N–H and O–H groups in total. The number of aryl methyl sites for hydroxylation is 1. The summed E-state index contributed by atoms with van der Waals surface area (Å²) in [5.74, 6) is 0.325. The van der Waals surface area contributed by atoms with E-state index in [1.807, 2.05) is 47.9 Å². The molecule has 2 aromatic heterocycles. The van der Waals surface area contributed by atoms with Crippen LogP contribution in [0.4, 0.5) is 5.69 Å². The molecule has 168 valence electrons. The predicted molar refractivity (Wildman–Crippen MR) is 126 cm³/mol. The highest BCUT2D eigenvalue weighted by Gasteiger charge is 2.19. The van der Waals surface area contributed by atoms with Gasteiger partial charge in [0.2, 0.25) is 15.9 Å². The normalized spacial score (nSPS) is 11.3. The zero-order valence-electron chi connectivity index (χ0n) is 17.5. The average Bonchev–Trinajstić information content (AvgIpc) is 3.22. The van der Waals surface area contributed by atoms with Gasteiger partial charge in [0.05, 0.1) is 16.3 Å². The number of thioether (sulfide) groups is 1. The molecule has 0 spiro atoms. The molecule has 0 fully saturated rings. The van der Waals surface area contributed by atoms with Crippen molar-refractivity contribution < 1.29 is 13.2 Å². The lowest BCUT2D eigenvalue weighted by atomic mass is 10.2. The summed E-state index contributed by atoms with van der Waals surface area (Å²) in [4.78, 5) is 16.7. The SMILES string of the molecule is Cc1ccccc1-n1c(SCC(=O)Nc2cccc(S(N)(=O)=O)c2)nnc1-c1cccnc1. The summed E-state index contributed by atoms with van der Waals surface area (Å²) < 4.78 is 25.0. The van der Waals surface area contributed by atoms with Gasteiger partial charge in [-0.1, -0.05) is 36.0 Å². The van der Waals surface area contributed by atoms with Crippen LogP contribution in [-0.4, -0.2) is 39.8 Å². The minimum Gasteiger partial charge on any atom is -0.325 e. The highest BCUT2D eigenvalue weighted by molar-refractivity contribution is 7.99. The van der Waals surface area contributed by atoms with Crippen LogP contribution in [0.25, 0.3) is 17.1 Å². The predicted octanol–water partition coefficient (Wildman–Crippen LogP) is 3.02. The van der Waals surface area contributed by atoms with E-state index < -0.39 is 10.0 Å². The highest BCUT2D eigenvalue weighted by Crippen LogP contribution is 2.29. The number of anilines is 1. The van der Waals surface area contributed by atoms with E-state index in [4.69, 9.17) is 5.14 Å². The van der Waals surface area contributed by atoms with Crippen molar-refractivity contribution in [2.45, 2.75) is 17.0 Å². The standard InChI is InChI=1S/C22H20N6O3S2/c1-15-6-2-3-10-19(15)28-21(16-7-5-11-24-13-16)26-27-22(28)32-14-20(29)25-17-8-4-9-18(12-17)33(23,30)31/h2-13H,14H2,1H3,(H,25,29)(H2,23,30,31). The van der Waals surface area contributed by atoms with Crippen LogP contribution in [0.2, 0.25) is 0 Å². The Bertz CT molecular complexity index is 1400. The van der Waals surface area contributed by atoms with Crippen molar-refractivity contribution in [1.29, 1.82) is 0 Å². The minimum atomic E-state index is -3.86. The average molecular weight is 481 g/mol. The Balaban J connectivity index is 1.58. The van der Waals surface area contributed by atoms with Crippen molar-refractivity contribution in [2.24, 2.45) is 5.14 Å². The number of sulfonamides is 1. The Labute approximate surface area is 195 Å². The second-order valence-corrected chi connectivity index (χ2v) is 9.58. The van der Waals surface area contributed by atoms with E-state index in [1.54, 1.807) is 18.5 Å². The fraction of sp³-hybridized carbons (Fsp3) is 0.0909. The Morgan fingerprint density at radius 2 is 1.91 bits per heavy atom. The first-order chi connectivity index (χ1) is 15.8. The molecule has 0 atom stereocenters. The quantitative estimate of drug-likeness (QED) is 0.389. The van der Waals surface area contributed by atoms with Crippen LogP contribution in [0, 0.1) is 6.92 Å². The maximum atomic E-state index is 12.6. The molecule has 0 aliphatic heterocycles. The number of hydrogen-bond acceptors (Lipinski definition) is 7. The Morgan fingerprint density at radius 3 is 2.64 bits per heavy atom. The van der Waals surface area contributed by atoms with Crippen LogP contribution < -0.4 is 10.5 Å². The number of hydrogen-bond donors (Lipinski definition) is 2. The number of pyridine rings is 1. The molecule has 1 amide bonds. The van der Waals surface area contributed by atoms with E-state index in [1.165, 1.54) is 30.0 Å². The third-order valence-electron chi connectivity index (χ3n) is 4.69. The minimum absolute atomic E-state index is 0.0384. The molecule has 2 aromatic carbocycles. The third-order valence-corrected chi connectivity index (χ3v) is 6.53. The molecule has 0 aliphatic carbocycles. The summed E-state index contributed by atoms with van der Waals surface area (Å²) >= 11 is 1.22. The van der Waals surface area contributed by atoms with Crippen molar-refractivity contribution in [2.75, 3.05) is 11.1 Å². The van der Waals surface area contributed by atoms with Crippen molar-refractivity contribution in [3.05, 3.63) is 78.6 Å². The fourth-order valence-corrected chi connectivity index (χ4v) is 4.46. The summed E-state index contributed by atoms with van der Waals surface area (Å²) in [6, 6.07) is 17.3. The zero-order chi connectivity index (χ0) is 23.4. The van der Waals surface area contributed by atoms with Crippen LogP contribution in [0.1, 0.15) is 5.56 Å². The van der Waals surface area contributed by atoms with Crippen molar-refractivity contribution in [3.63, 3.8) is 0 Å². The van der Waals surface area contributed by atoms with Gasteiger partial charge in [0.25, 0.3) is 0 Å². The van der Waals surface area contributed by atoms with Crippen molar-refractivity contribution >= 4 is 33.4 Å². The molecule has 0 unspecified atom stereocenters. The number of nitrogens with zero attached hydrogens (tertiary/aromatic N) is 4. The van der Waals surface area contributed by atoms with E-state index >= 15 is 0 Å². The number of rotatable bonds is 7. The van der Waals surface area contributed by atoms with Crippen LogP contribution in [0.3, 0.4) is 0 Å². The highest BCUT2D eigenvalue weighted by atomic mass is 32.2. The third kappa shape index (κ3) is 5.28. The van der Waals surface area contributed by atoms with E-state index in [9.17, 15) is 13.2 Å². The van der Waals surface area contributed by atoms with Gasteiger partial charge in [-0.25, -0.2) is 13.6 Å². The molecule has 9 nitrogen and oxygen atoms in total. The molecular formula is C22H20N6O3S2. The Hall–Kier alpha value is -3.54. The van der Waals surface area contributed by atoms with Gasteiger partial charge in [-0.2, -0.15) is 0 Å². The summed E-state index contributed by atoms with van der Waals surface area (Å²) in [5, 5.41) is 17.0. The molecule has 0 saturated heterocycles. The van der Waals surface area contributed by atoms with E-state index in [0.717, 1.165) is 16.8 Å². The largest absolute Gasteiger partial charge is 0.325 e. The number of primary sulfonamides is 1. The summed E-state index contributed by atoms with van der Waals surface area (Å²) in [7, 11) is -3.86. The maximum Gasteiger partial charge on any atom is 0.238 e. The van der Waals surface area contributed by atoms with Crippen LogP contribution >= 0.6 is 11.8 Å².